The van der Waals surface area contributed by atoms with Gasteiger partial charge in [0, 0.05) is 30.2 Å². The van der Waals surface area contributed by atoms with Crippen LogP contribution in [0.5, 0.6) is 0 Å². The number of nitrogens with one attached hydrogen (secondary N) is 1. The molecule has 1 amide bonds. The molecular weight excluding hydrogens is 243 g/mol. The molecule has 1 fully saturated rings. The lowest BCUT2D eigenvalue weighted by Gasteiger charge is -2.44. The average Bonchev–Trinajstić information content (AvgIpc) is 2.29. The van der Waals surface area contributed by atoms with Crippen molar-refractivity contribution in [3.8, 4) is 0 Å². The summed E-state index contributed by atoms with van der Waals surface area (Å²) in [5.41, 5.74) is 5.93. The molecule has 0 aromatic rings. The molecule has 1 atom stereocenters. The van der Waals surface area contributed by atoms with E-state index in [9.17, 15) is 15.0 Å². The third-order valence-corrected chi connectivity index (χ3v) is 4.36. The molecule has 1 unspecified atom stereocenters. The van der Waals surface area contributed by atoms with Gasteiger partial charge >= 0.3 is 0 Å². The molecule has 1 heterocycles. The van der Waals surface area contributed by atoms with Crippen molar-refractivity contribution in [2.75, 3.05) is 0 Å². The number of aliphatic hydroxyl groups is 2. The van der Waals surface area contributed by atoms with Gasteiger partial charge in [-0.25, -0.2) is 0 Å². The van der Waals surface area contributed by atoms with Crippen LogP contribution in [0.4, 0.5) is 0 Å². The summed E-state index contributed by atoms with van der Waals surface area (Å²) in [7, 11) is 5.32. The second kappa shape index (κ2) is 4.83. The van der Waals surface area contributed by atoms with E-state index in [1.165, 1.54) is 0 Å². The highest BCUT2D eigenvalue weighted by molar-refractivity contribution is 6.10. The average molecular weight is 264 g/mol. The van der Waals surface area contributed by atoms with Crippen LogP contribution in [-0.4, -0.2) is 35.6 Å². The molecule has 0 bridgehead atoms. The second-order valence-corrected chi connectivity index (χ2v) is 6.18. The molecule has 2 radical (unpaired) electrons. The van der Waals surface area contributed by atoms with Crippen molar-refractivity contribution >= 4 is 13.8 Å². The molecule has 1 aliphatic heterocycles. The van der Waals surface area contributed by atoms with E-state index in [-0.39, 0.29) is 12.3 Å². The minimum absolute atomic E-state index is 0.0622. The topological polar surface area (TPSA) is 95.6 Å². The van der Waals surface area contributed by atoms with Crippen molar-refractivity contribution in [1.29, 1.82) is 0 Å². The Balaban J connectivity index is 2.14. The first-order valence-electron chi connectivity index (χ1n) is 6.69. The van der Waals surface area contributed by atoms with Gasteiger partial charge in [-0.05, 0) is 32.6 Å². The Kier molecular flexibility index (Phi) is 3.66. The van der Waals surface area contributed by atoms with E-state index in [4.69, 9.17) is 13.6 Å². The van der Waals surface area contributed by atoms with Crippen molar-refractivity contribution in [3.63, 3.8) is 0 Å². The molecule has 1 aliphatic carbocycles. The predicted molar refractivity (Wildman–Crippen MR) is 71.9 cm³/mol. The number of carbonyl (C=O) groups excluding carboxylic acids is 1. The summed E-state index contributed by atoms with van der Waals surface area (Å²) in [6, 6.07) is -1.02. The summed E-state index contributed by atoms with van der Waals surface area (Å²) in [5, 5.41) is 21.9. The van der Waals surface area contributed by atoms with Crippen molar-refractivity contribution in [1.82, 2.24) is 5.32 Å². The highest BCUT2D eigenvalue weighted by Gasteiger charge is 2.47. The summed E-state index contributed by atoms with van der Waals surface area (Å²) in [4.78, 5) is 12.3. The summed E-state index contributed by atoms with van der Waals surface area (Å²) < 4.78 is 0. The molecule has 19 heavy (non-hydrogen) atoms. The molecule has 0 aromatic carbocycles. The van der Waals surface area contributed by atoms with Gasteiger partial charge < -0.3 is 21.3 Å². The third kappa shape index (κ3) is 2.95. The smallest absolute Gasteiger partial charge is 0.230 e. The van der Waals surface area contributed by atoms with Gasteiger partial charge in [0.25, 0.3) is 0 Å². The first-order chi connectivity index (χ1) is 8.74. The minimum atomic E-state index is -1.02. The van der Waals surface area contributed by atoms with Gasteiger partial charge in [0.15, 0.2) is 0 Å². The van der Waals surface area contributed by atoms with E-state index in [1.807, 2.05) is 0 Å². The van der Waals surface area contributed by atoms with E-state index >= 15 is 0 Å². The lowest BCUT2D eigenvalue weighted by molar-refractivity contribution is -0.136. The van der Waals surface area contributed by atoms with Gasteiger partial charge in [-0.1, -0.05) is 0 Å². The third-order valence-electron chi connectivity index (χ3n) is 4.36. The van der Waals surface area contributed by atoms with Crippen LogP contribution in [0, 0.1) is 5.41 Å². The highest BCUT2D eigenvalue weighted by Crippen LogP contribution is 2.46. The van der Waals surface area contributed by atoms with Gasteiger partial charge in [0.2, 0.25) is 5.91 Å². The molecule has 5 N–H and O–H groups in total. The number of hydrogen-bond donors (Lipinski definition) is 4. The Morgan fingerprint density at radius 2 is 2.00 bits per heavy atom. The molecule has 0 saturated heterocycles. The Hall–Kier alpha value is -1.01. The first kappa shape index (κ1) is 14.4. The molecule has 6 heteroatoms. The standard InChI is InChI=1S/C13H21BN2O3/c1-12(19)2-4-13(5-3-12)7-8(15)9(6-10(14)17)16-11(13)18/h10,17,19H,2-7,15H2,1H3,(H,16,18). The van der Waals surface area contributed by atoms with Gasteiger partial charge in [-0.2, -0.15) is 0 Å². The van der Waals surface area contributed by atoms with E-state index in [0.717, 1.165) is 0 Å². The van der Waals surface area contributed by atoms with E-state index in [0.29, 0.717) is 43.5 Å². The second-order valence-electron chi connectivity index (χ2n) is 6.18. The van der Waals surface area contributed by atoms with Crippen LogP contribution in [0.3, 0.4) is 0 Å². The Labute approximate surface area is 114 Å². The molecule has 2 rings (SSSR count). The summed E-state index contributed by atoms with van der Waals surface area (Å²) >= 11 is 0. The number of hydrogen-bond acceptors (Lipinski definition) is 4. The number of allylic oxidation sites excluding steroid dienone is 1. The van der Waals surface area contributed by atoms with Crippen LogP contribution in [0.1, 0.15) is 45.4 Å². The lowest BCUT2D eigenvalue weighted by Crippen LogP contribution is -2.50. The van der Waals surface area contributed by atoms with Crippen molar-refractivity contribution < 1.29 is 15.0 Å². The van der Waals surface area contributed by atoms with Gasteiger partial charge in [0.05, 0.1) is 11.0 Å². The van der Waals surface area contributed by atoms with Crippen LogP contribution in [0.15, 0.2) is 11.4 Å². The molecule has 1 saturated carbocycles. The van der Waals surface area contributed by atoms with E-state index < -0.39 is 17.0 Å². The Morgan fingerprint density at radius 1 is 1.42 bits per heavy atom. The normalized spacial score (nSPS) is 37.3. The van der Waals surface area contributed by atoms with E-state index in [2.05, 4.69) is 5.32 Å². The zero-order valence-corrected chi connectivity index (χ0v) is 11.3. The number of aliphatic hydroxyl groups excluding tert-OH is 1. The zero-order valence-electron chi connectivity index (χ0n) is 11.3. The van der Waals surface area contributed by atoms with Crippen molar-refractivity contribution in [3.05, 3.63) is 11.4 Å². The van der Waals surface area contributed by atoms with Crippen molar-refractivity contribution in [2.24, 2.45) is 11.1 Å². The summed E-state index contributed by atoms with van der Waals surface area (Å²) in [6.45, 7) is 1.80. The van der Waals surface area contributed by atoms with Crippen LogP contribution >= 0.6 is 0 Å². The number of nitrogens with two attached hydrogens (primary N) is 1. The van der Waals surface area contributed by atoms with Crippen LogP contribution < -0.4 is 11.1 Å². The zero-order chi connectivity index (χ0) is 14.3. The fraction of sp³-hybridized carbons (Fsp3) is 0.769. The minimum Gasteiger partial charge on any atom is -0.403 e. The fourth-order valence-electron chi connectivity index (χ4n) is 2.96. The van der Waals surface area contributed by atoms with Gasteiger partial charge in [-0.3, -0.25) is 4.79 Å². The quantitative estimate of drug-likeness (QED) is 0.522. The molecule has 1 spiro atoms. The maximum Gasteiger partial charge on any atom is 0.230 e. The van der Waals surface area contributed by atoms with Gasteiger partial charge in [-0.15, -0.1) is 0 Å². The van der Waals surface area contributed by atoms with Gasteiger partial charge in [0.1, 0.15) is 7.85 Å². The summed E-state index contributed by atoms with van der Waals surface area (Å²) in [6.07, 6.45) is 3.10. The maximum atomic E-state index is 12.3. The summed E-state index contributed by atoms with van der Waals surface area (Å²) in [5.74, 6) is -0.0622. The van der Waals surface area contributed by atoms with E-state index in [1.54, 1.807) is 6.92 Å². The van der Waals surface area contributed by atoms with Crippen LogP contribution in [0.25, 0.3) is 0 Å². The first-order valence-corrected chi connectivity index (χ1v) is 6.69. The molecule has 0 aromatic heterocycles. The van der Waals surface area contributed by atoms with Crippen LogP contribution in [-0.2, 0) is 4.79 Å². The Bertz CT molecular complexity index is 408. The molecule has 5 nitrogen and oxygen atoms in total. The Morgan fingerprint density at radius 3 is 2.53 bits per heavy atom. The monoisotopic (exact) mass is 264 g/mol. The highest BCUT2D eigenvalue weighted by atomic mass is 16.3. The predicted octanol–water partition coefficient (Wildman–Crippen LogP) is -0.135. The van der Waals surface area contributed by atoms with Crippen LogP contribution in [0.2, 0.25) is 0 Å². The molecule has 104 valence electrons. The SMILES string of the molecule is [B]C(O)CC1=C(N)CC2(CCC(C)(O)CC2)C(=O)N1. The largest absolute Gasteiger partial charge is 0.403 e. The number of amides is 1. The molecular formula is C13H21BN2O3. The lowest BCUT2D eigenvalue weighted by atomic mass is 9.65. The fourth-order valence-corrected chi connectivity index (χ4v) is 2.96. The maximum absolute atomic E-state index is 12.3. The number of rotatable bonds is 2. The van der Waals surface area contributed by atoms with Crippen molar-refractivity contribution in [2.45, 2.75) is 57.1 Å². The number of carbonyl (C=O) groups is 1. The molecule has 2 aliphatic rings.